The quantitative estimate of drug-likeness (QED) is 0.594. The van der Waals surface area contributed by atoms with Crippen molar-refractivity contribution in [3.05, 3.63) is 0 Å². The monoisotopic (exact) mass is 189 g/mol. The maximum Gasteiger partial charge on any atom is 0.131 e. The van der Waals surface area contributed by atoms with Crippen molar-refractivity contribution in [1.82, 2.24) is 5.32 Å². The van der Waals surface area contributed by atoms with Crippen molar-refractivity contribution in [2.75, 3.05) is 13.2 Å². The molecular formula is C10H23NO2. The maximum atomic E-state index is 8.97. The molecule has 3 nitrogen and oxygen atoms in total. The van der Waals surface area contributed by atoms with E-state index in [1.54, 1.807) is 0 Å². The van der Waals surface area contributed by atoms with E-state index in [-0.39, 0.29) is 12.8 Å². The first-order chi connectivity index (χ1) is 6.15. The van der Waals surface area contributed by atoms with Crippen LogP contribution in [0.4, 0.5) is 0 Å². The molecule has 0 saturated heterocycles. The van der Waals surface area contributed by atoms with Crippen LogP contribution in [0.15, 0.2) is 0 Å². The summed E-state index contributed by atoms with van der Waals surface area (Å²) in [4.78, 5) is 0. The third-order valence-corrected chi connectivity index (χ3v) is 2.48. The summed E-state index contributed by atoms with van der Waals surface area (Å²) >= 11 is 0. The van der Waals surface area contributed by atoms with E-state index in [1.807, 2.05) is 6.92 Å². The van der Waals surface area contributed by atoms with Crippen molar-refractivity contribution in [3.8, 4) is 0 Å². The van der Waals surface area contributed by atoms with Gasteiger partial charge in [-0.15, -0.1) is 0 Å². The molecule has 80 valence electrons. The molecule has 2 N–H and O–H groups in total. The second kappa shape index (κ2) is 7.30. The van der Waals surface area contributed by atoms with Crippen LogP contribution >= 0.6 is 0 Å². The molecule has 0 saturated carbocycles. The van der Waals surface area contributed by atoms with Gasteiger partial charge in [-0.05, 0) is 19.8 Å². The van der Waals surface area contributed by atoms with E-state index in [0.717, 1.165) is 6.42 Å². The molecule has 13 heavy (non-hydrogen) atoms. The number of aliphatic hydroxyl groups excluding tert-OH is 1. The second-order valence-electron chi connectivity index (χ2n) is 3.47. The van der Waals surface area contributed by atoms with Gasteiger partial charge in [-0.25, -0.2) is 0 Å². The van der Waals surface area contributed by atoms with Crippen molar-refractivity contribution in [3.63, 3.8) is 0 Å². The average Bonchev–Trinajstić information content (AvgIpc) is 2.15. The molecule has 0 aromatic carbocycles. The molecule has 3 heteroatoms. The van der Waals surface area contributed by atoms with Crippen molar-refractivity contribution in [2.45, 2.75) is 46.4 Å². The molecule has 0 amide bonds. The van der Waals surface area contributed by atoms with Gasteiger partial charge in [-0.2, -0.15) is 0 Å². The van der Waals surface area contributed by atoms with Crippen molar-refractivity contribution < 1.29 is 9.84 Å². The smallest absolute Gasteiger partial charge is 0.131 e. The molecule has 0 aliphatic carbocycles. The molecular weight excluding hydrogens is 166 g/mol. The summed E-state index contributed by atoms with van der Waals surface area (Å²) in [6.45, 7) is 9.07. The summed E-state index contributed by atoms with van der Waals surface area (Å²) < 4.78 is 5.30. The van der Waals surface area contributed by atoms with E-state index < -0.39 is 0 Å². The molecule has 0 aliphatic heterocycles. The molecule has 0 radical (unpaired) electrons. The lowest BCUT2D eigenvalue weighted by atomic mass is 10.0. The number of rotatable bonds is 7. The fraction of sp³-hybridized carbons (Fsp3) is 1.00. The first-order valence-electron chi connectivity index (χ1n) is 5.14. The maximum absolute atomic E-state index is 8.97. The Kier molecular flexibility index (Phi) is 7.23. The Morgan fingerprint density at radius 1 is 1.31 bits per heavy atom. The normalized spacial score (nSPS) is 18.2. The Bertz CT molecular complexity index is 119. The molecule has 0 rings (SSSR count). The number of nitrogens with one attached hydrogen (secondary N) is 1. The SMILES string of the molecule is CCOC(CO)NC(C)C(C)CC. The Morgan fingerprint density at radius 3 is 2.31 bits per heavy atom. The fourth-order valence-electron chi connectivity index (χ4n) is 1.17. The van der Waals surface area contributed by atoms with Gasteiger partial charge in [0, 0.05) is 12.6 Å². The van der Waals surface area contributed by atoms with Gasteiger partial charge in [0.05, 0.1) is 6.61 Å². The molecule has 0 bridgehead atoms. The number of ether oxygens (including phenoxy) is 1. The Hall–Kier alpha value is -0.120. The summed E-state index contributed by atoms with van der Waals surface area (Å²) in [6.07, 6.45) is 0.923. The minimum absolute atomic E-state index is 0.0363. The van der Waals surface area contributed by atoms with Gasteiger partial charge in [0.15, 0.2) is 0 Å². The highest BCUT2D eigenvalue weighted by Gasteiger charge is 2.14. The lowest BCUT2D eigenvalue weighted by Gasteiger charge is -2.25. The molecule has 0 fully saturated rings. The third kappa shape index (κ3) is 5.24. The van der Waals surface area contributed by atoms with Gasteiger partial charge in [-0.3, -0.25) is 5.32 Å². The molecule has 0 aliphatic rings. The van der Waals surface area contributed by atoms with Gasteiger partial charge < -0.3 is 9.84 Å². The second-order valence-corrected chi connectivity index (χ2v) is 3.47. The fourth-order valence-corrected chi connectivity index (χ4v) is 1.17. The lowest BCUT2D eigenvalue weighted by molar-refractivity contribution is -0.0115. The summed E-state index contributed by atoms with van der Waals surface area (Å²) in [5.74, 6) is 0.606. The zero-order chi connectivity index (χ0) is 10.3. The predicted octanol–water partition coefficient (Wildman–Crippen LogP) is 1.37. The van der Waals surface area contributed by atoms with E-state index in [1.165, 1.54) is 0 Å². The largest absolute Gasteiger partial charge is 0.392 e. The number of aliphatic hydroxyl groups is 1. The van der Waals surface area contributed by atoms with Crippen molar-refractivity contribution in [2.24, 2.45) is 5.92 Å². The molecule has 0 aromatic rings. The molecule has 0 spiro atoms. The third-order valence-electron chi connectivity index (χ3n) is 2.48. The van der Waals surface area contributed by atoms with Gasteiger partial charge in [0.25, 0.3) is 0 Å². The Balaban J connectivity index is 3.78. The van der Waals surface area contributed by atoms with E-state index in [9.17, 15) is 0 Å². The summed E-state index contributed by atoms with van der Waals surface area (Å²) in [5, 5.41) is 12.2. The zero-order valence-electron chi connectivity index (χ0n) is 9.21. The van der Waals surface area contributed by atoms with Crippen LogP contribution in [0, 0.1) is 5.92 Å². The standard InChI is InChI=1S/C10H23NO2/c1-5-8(3)9(4)11-10(7-12)13-6-2/h8-12H,5-7H2,1-4H3. The summed E-state index contributed by atoms with van der Waals surface area (Å²) in [5.41, 5.74) is 0. The minimum atomic E-state index is -0.214. The highest BCUT2D eigenvalue weighted by Crippen LogP contribution is 2.07. The van der Waals surface area contributed by atoms with E-state index in [0.29, 0.717) is 18.6 Å². The van der Waals surface area contributed by atoms with Crippen LogP contribution in [0.2, 0.25) is 0 Å². The lowest BCUT2D eigenvalue weighted by Crippen LogP contribution is -2.43. The Morgan fingerprint density at radius 2 is 1.92 bits per heavy atom. The molecule has 3 unspecified atom stereocenters. The first kappa shape index (κ1) is 12.9. The van der Waals surface area contributed by atoms with Gasteiger partial charge >= 0.3 is 0 Å². The highest BCUT2D eigenvalue weighted by molar-refractivity contribution is 4.69. The first-order valence-corrected chi connectivity index (χ1v) is 5.14. The topological polar surface area (TPSA) is 41.5 Å². The van der Waals surface area contributed by atoms with E-state index >= 15 is 0 Å². The summed E-state index contributed by atoms with van der Waals surface area (Å²) in [7, 11) is 0. The molecule has 0 aromatic heterocycles. The predicted molar refractivity (Wildman–Crippen MR) is 54.6 cm³/mol. The zero-order valence-corrected chi connectivity index (χ0v) is 9.21. The number of hydrogen-bond acceptors (Lipinski definition) is 3. The highest BCUT2D eigenvalue weighted by atomic mass is 16.5. The van der Waals surface area contributed by atoms with Crippen LogP contribution in [0.3, 0.4) is 0 Å². The van der Waals surface area contributed by atoms with Gasteiger partial charge in [0.1, 0.15) is 6.23 Å². The molecule has 0 heterocycles. The van der Waals surface area contributed by atoms with Crippen LogP contribution in [0.5, 0.6) is 0 Å². The van der Waals surface area contributed by atoms with Crippen LogP contribution in [0.25, 0.3) is 0 Å². The van der Waals surface area contributed by atoms with E-state index in [2.05, 4.69) is 26.1 Å². The van der Waals surface area contributed by atoms with E-state index in [4.69, 9.17) is 9.84 Å². The molecule has 3 atom stereocenters. The average molecular weight is 189 g/mol. The summed E-state index contributed by atoms with van der Waals surface area (Å²) in [6, 6.07) is 0.383. The minimum Gasteiger partial charge on any atom is -0.392 e. The van der Waals surface area contributed by atoms with Gasteiger partial charge in [0.2, 0.25) is 0 Å². The van der Waals surface area contributed by atoms with Crippen LogP contribution in [-0.4, -0.2) is 30.6 Å². The number of hydrogen-bond donors (Lipinski definition) is 2. The van der Waals surface area contributed by atoms with Crippen LogP contribution < -0.4 is 5.32 Å². The Labute approximate surface area is 81.5 Å². The van der Waals surface area contributed by atoms with Crippen molar-refractivity contribution >= 4 is 0 Å². The van der Waals surface area contributed by atoms with Crippen LogP contribution in [0.1, 0.15) is 34.1 Å². The van der Waals surface area contributed by atoms with Gasteiger partial charge in [-0.1, -0.05) is 20.3 Å². The van der Waals surface area contributed by atoms with Crippen LogP contribution in [-0.2, 0) is 4.74 Å². The van der Waals surface area contributed by atoms with Crippen molar-refractivity contribution in [1.29, 1.82) is 0 Å².